The molecule has 1 saturated heterocycles. The molecule has 110 valence electrons. The van der Waals surface area contributed by atoms with E-state index in [1.165, 1.54) is 22.6 Å². The van der Waals surface area contributed by atoms with Crippen LogP contribution in [0.2, 0.25) is 0 Å². The van der Waals surface area contributed by atoms with Gasteiger partial charge in [0.05, 0.1) is 5.69 Å². The molecular formula is C12H17N3O4S. The number of anilines is 1. The highest BCUT2D eigenvalue weighted by atomic mass is 32.2. The van der Waals surface area contributed by atoms with Crippen LogP contribution in [-0.2, 0) is 10.2 Å². The molecule has 0 aromatic carbocycles. The van der Waals surface area contributed by atoms with Crippen molar-refractivity contribution in [3.8, 4) is 0 Å². The number of carboxylic acid groups (broad SMARTS) is 1. The number of aromatic nitrogens is 1. The molecule has 2 N–H and O–H groups in total. The third kappa shape index (κ3) is 3.26. The van der Waals surface area contributed by atoms with E-state index >= 15 is 0 Å². The maximum absolute atomic E-state index is 12.3. The molecule has 1 aliphatic rings. The highest BCUT2D eigenvalue weighted by Crippen LogP contribution is 2.21. The summed E-state index contributed by atoms with van der Waals surface area (Å²) in [6.45, 7) is 2.35. The first kappa shape index (κ1) is 14.7. The minimum absolute atomic E-state index is 0.0537. The molecule has 1 atom stereocenters. The largest absolute Gasteiger partial charge is 0.477 e. The Bertz CT molecular complexity index is 602. The third-order valence-corrected chi connectivity index (χ3v) is 4.93. The maximum atomic E-state index is 12.3. The Labute approximate surface area is 117 Å². The van der Waals surface area contributed by atoms with Gasteiger partial charge in [-0.1, -0.05) is 6.42 Å². The van der Waals surface area contributed by atoms with Crippen LogP contribution in [0.25, 0.3) is 0 Å². The van der Waals surface area contributed by atoms with Crippen molar-refractivity contribution in [1.29, 1.82) is 0 Å². The van der Waals surface area contributed by atoms with E-state index in [0.29, 0.717) is 6.54 Å². The van der Waals surface area contributed by atoms with Crippen LogP contribution in [0, 0.1) is 0 Å². The van der Waals surface area contributed by atoms with Crippen LogP contribution in [0.4, 0.5) is 5.69 Å². The summed E-state index contributed by atoms with van der Waals surface area (Å²) in [5.74, 6) is -1.20. The van der Waals surface area contributed by atoms with Crippen molar-refractivity contribution in [1.82, 2.24) is 9.29 Å². The Morgan fingerprint density at radius 1 is 1.50 bits per heavy atom. The molecule has 1 aliphatic heterocycles. The van der Waals surface area contributed by atoms with Gasteiger partial charge < -0.3 is 5.11 Å². The van der Waals surface area contributed by atoms with Crippen molar-refractivity contribution in [2.75, 3.05) is 11.3 Å². The third-order valence-electron chi connectivity index (χ3n) is 3.28. The van der Waals surface area contributed by atoms with E-state index < -0.39 is 16.2 Å². The zero-order valence-electron chi connectivity index (χ0n) is 11.1. The maximum Gasteiger partial charge on any atom is 0.354 e. The molecule has 0 aliphatic carbocycles. The van der Waals surface area contributed by atoms with E-state index in [9.17, 15) is 13.2 Å². The Balaban J connectivity index is 2.19. The van der Waals surface area contributed by atoms with E-state index in [0.717, 1.165) is 19.3 Å². The molecule has 1 aromatic heterocycles. The monoisotopic (exact) mass is 299 g/mol. The Morgan fingerprint density at radius 2 is 2.25 bits per heavy atom. The molecule has 2 heterocycles. The van der Waals surface area contributed by atoms with E-state index in [4.69, 9.17) is 5.11 Å². The second-order valence-electron chi connectivity index (χ2n) is 4.80. The van der Waals surface area contributed by atoms with Crippen molar-refractivity contribution in [3.05, 3.63) is 24.0 Å². The van der Waals surface area contributed by atoms with Crippen LogP contribution in [0.15, 0.2) is 18.3 Å². The Kier molecular flexibility index (Phi) is 4.24. The number of hydrogen-bond donors (Lipinski definition) is 2. The van der Waals surface area contributed by atoms with Crippen molar-refractivity contribution in [3.63, 3.8) is 0 Å². The average molecular weight is 299 g/mol. The second kappa shape index (κ2) is 5.76. The van der Waals surface area contributed by atoms with E-state index in [1.54, 1.807) is 0 Å². The van der Waals surface area contributed by atoms with E-state index in [-0.39, 0.29) is 17.4 Å². The van der Waals surface area contributed by atoms with Crippen LogP contribution in [-0.4, -0.2) is 41.4 Å². The predicted molar refractivity (Wildman–Crippen MR) is 73.8 cm³/mol. The topological polar surface area (TPSA) is 99.6 Å². The molecule has 2 rings (SSSR count). The zero-order valence-corrected chi connectivity index (χ0v) is 11.9. The van der Waals surface area contributed by atoms with Crippen molar-refractivity contribution in [2.24, 2.45) is 0 Å². The number of rotatable bonds is 4. The van der Waals surface area contributed by atoms with Gasteiger partial charge >= 0.3 is 16.2 Å². The summed E-state index contributed by atoms with van der Waals surface area (Å²) in [6.07, 6.45) is 3.95. The fraction of sp³-hybridized carbons (Fsp3) is 0.500. The second-order valence-corrected chi connectivity index (χ2v) is 6.42. The van der Waals surface area contributed by atoms with Crippen LogP contribution in [0.5, 0.6) is 0 Å². The summed E-state index contributed by atoms with van der Waals surface area (Å²) in [7, 11) is -3.67. The van der Waals surface area contributed by atoms with Crippen LogP contribution in [0.3, 0.4) is 0 Å². The van der Waals surface area contributed by atoms with Gasteiger partial charge in [0, 0.05) is 18.8 Å². The summed E-state index contributed by atoms with van der Waals surface area (Å²) in [5.41, 5.74) is 0.00654. The predicted octanol–water partition coefficient (Wildman–Crippen LogP) is 1.31. The van der Waals surface area contributed by atoms with Gasteiger partial charge in [0.1, 0.15) is 5.69 Å². The van der Waals surface area contributed by atoms with E-state index in [1.807, 2.05) is 6.92 Å². The fourth-order valence-electron chi connectivity index (χ4n) is 2.25. The van der Waals surface area contributed by atoms with Crippen molar-refractivity contribution in [2.45, 2.75) is 32.2 Å². The quantitative estimate of drug-likeness (QED) is 0.873. The number of carboxylic acids is 1. The molecule has 1 unspecified atom stereocenters. The smallest absolute Gasteiger partial charge is 0.354 e. The molecule has 1 fully saturated rings. The number of nitrogens with one attached hydrogen (secondary N) is 1. The number of carbonyl (C=O) groups is 1. The highest BCUT2D eigenvalue weighted by molar-refractivity contribution is 7.90. The first-order valence-corrected chi connectivity index (χ1v) is 7.83. The average Bonchev–Trinajstić information content (AvgIpc) is 2.38. The van der Waals surface area contributed by atoms with Crippen molar-refractivity contribution < 1.29 is 18.3 Å². The minimum Gasteiger partial charge on any atom is -0.477 e. The summed E-state index contributed by atoms with van der Waals surface area (Å²) >= 11 is 0. The number of piperidine rings is 1. The first-order valence-electron chi connectivity index (χ1n) is 6.39. The van der Waals surface area contributed by atoms with Gasteiger partial charge in [-0.2, -0.15) is 12.7 Å². The number of pyridine rings is 1. The van der Waals surface area contributed by atoms with Crippen LogP contribution >= 0.6 is 0 Å². The van der Waals surface area contributed by atoms with Crippen LogP contribution in [0.1, 0.15) is 36.7 Å². The molecule has 0 saturated carbocycles. The number of nitrogens with zero attached hydrogens (tertiary/aromatic N) is 2. The number of hydrogen-bond acceptors (Lipinski definition) is 4. The molecule has 8 heteroatoms. The Morgan fingerprint density at radius 3 is 2.90 bits per heavy atom. The first-order chi connectivity index (χ1) is 9.40. The van der Waals surface area contributed by atoms with Gasteiger partial charge in [0.2, 0.25) is 0 Å². The van der Waals surface area contributed by atoms with E-state index in [2.05, 4.69) is 9.71 Å². The summed E-state index contributed by atoms with van der Waals surface area (Å²) in [6, 6.07) is 2.58. The molecular weight excluding hydrogens is 282 g/mol. The Hall–Kier alpha value is -1.67. The zero-order chi connectivity index (χ0) is 14.8. The van der Waals surface area contributed by atoms with Crippen LogP contribution < -0.4 is 4.72 Å². The minimum atomic E-state index is -3.67. The van der Waals surface area contributed by atoms with Crippen molar-refractivity contribution >= 4 is 21.9 Å². The molecule has 7 nitrogen and oxygen atoms in total. The normalized spacial score (nSPS) is 20.6. The lowest BCUT2D eigenvalue weighted by Gasteiger charge is -2.32. The lowest BCUT2D eigenvalue weighted by atomic mass is 10.1. The molecule has 0 radical (unpaired) electrons. The highest BCUT2D eigenvalue weighted by Gasteiger charge is 2.29. The van der Waals surface area contributed by atoms with Gasteiger partial charge in [-0.3, -0.25) is 4.72 Å². The number of aromatic carboxylic acids is 1. The van der Waals surface area contributed by atoms with Gasteiger partial charge in [0.15, 0.2) is 0 Å². The lowest BCUT2D eigenvalue weighted by molar-refractivity contribution is 0.0690. The summed E-state index contributed by atoms with van der Waals surface area (Å²) in [4.78, 5) is 14.5. The molecule has 0 bridgehead atoms. The van der Waals surface area contributed by atoms with Gasteiger partial charge in [-0.05, 0) is 31.9 Å². The molecule has 0 spiro atoms. The van der Waals surface area contributed by atoms with Gasteiger partial charge in [-0.15, -0.1) is 0 Å². The molecule has 20 heavy (non-hydrogen) atoms. The summed E-state index contributed by atoms with van der Waals surface area (Å²) in [5, 5.41) is 8.85. The molecule has 0 amide bonds. The lowest BCUT2D eigenvalue weighted by Crippen LogP contribution is -2.44. The van der Waals surface area contributed by atoms with Gasteiger partial charge in [-0.25, -0.2) is 9.78 Å². The summed E-state index contributed by atoms with van der Waals surface area (Å²) < 4.78 is 28.4. The standard InChI is InChI=1S/C12H17N3O4S/c1-9-4-2-3-7-15(9)20(18,19)14-10-5-6-13-11(8-10)12(16)17/h5-6,8-9H,2-4,7H2,1H3,(H,13,14)(H,16,17). The fourth-order valence-corrected chi connectivity index (χ4v) is 3.74. The van der Waals surface area contributed by atoms with Gasteiger partial charge in [0.25, 0.3) is 0 Å². The molecule has 1 aromatic rings. The SMILES string of the molecule is CC1CCCCN1S(=O)(=O)Nc1ccnc(C(=O)O)c1.